The topological polar surface area (TPSA) is 145 Å². The molecule has 27 heavy (non-hydrogen) atoms. The van der Waals surface area contributed by atoms with Crippen LogP contribution in [-0.4, -0.2) is 30.3 Å². The molecule has 1 atom stereocenters. The summed E-state index contributed by atoms with van der Waals surface area (Å²) in [5, 5.41) is 22.9. The zero-order valence-corrected chi connectivity index (χ0v) is 14.6. The maximum Gasteiger partial charge on any atom is 0.269 e. The molecule has 9 nitrogen and oxygen atoms in total. The second kappa shape index (κ2) is 7.17. The highest BCUT2D eigenvalue weighted by Crippen LogP contribution is 2.20. The number of nitro groups is 1. The van der Waals surface area contributed by atoms with Crippen LogP contribution in [0.5, 0.6) is 0 Å². The van der Waals surface area contributed by atoms with Crippen LogP contribution in [0.15, 0.2) is 59.6 Å². The first-order valence-electron chi connectivity index (χ1n) is 7.80. The van der Waals surface area contributed by atoms with E-state index in [0.717, 1.165) is 35.2 Å². The lowest BCUT2D eigenvalue weighted by Gasteiger charge is -2.19. The van der Waals surface area contributed by atoms with E-state index in [2.05, 4.69) is 9.71 Å². The van der Waals surface area contributed by atoms with Crippen molar-refractivity contribution in [1.29, 1.82) is 0 Å². The number of non-ortho nitro benzene ring substituents is 1. The van der Waals surface area contributed by atoms with E-state index in [0.29, 0.717) is 5.56 Å². The highest BCUT2D eigenvalue weighted by molar-refractivity contribution is 7.89. The number of carbonyl (C=O) groups is 1. The third kappa shape index (κ3) is 3.96. The molecule has 0 saturated heterocycles. The molecule has 1 aromatic heterocycles. The van der Waals surface area contributed by atoms with Crippen molar-refractivity contribution in [2.45, 2.75) is 17.4 Å². The average Bonchev–Trinajstić information content (AvgIpc) is 3.04. The van der Waals surface area contributed by atoms with Gasteiger partial charge in [-0.15, -0.1) is 0 Å². The minimum Gasteiger partial charge on any atom is -0.548 e. The van der Waals surface area contributed by atoms with Crippen molar-refractivity contribution in [2.75, 3.05) is 0 Å². The molecule has 140 valence electrons. The number of nitrogens with zero attached hydrogens (tertiary/aromatic N) is 1. The predicted molar refractivity (Wildman–Crippen MR) is 94.2 cm³/mol. The van der Waals surface area contributed by atoms with Crippen LogP contribution in [0.4, 0.5) is 5.69 Å². The molecule has 0 radical (unpaired) electrons. The normalized spacial score (nSPS) is 12.7. The number of aromatic amines is 1. The maximum atomic E-state index is 12.4. The Labute approximate surface area is 153 Å². The second-order valence-corrected chi connectivity index (χ2v) is 7.52. The van der Waals surface area contributed by atoms with Gasteiger partial charge in [0.2, 0.25) is 10.0 Å². The molecule has 0 aliphatic rings. The van der Waals surface area contributed by atoms with E-state index >= 15 is 0 Å². The number of aromatic nitrogens is 1. The van der Waals surface area contributed by atoms with Gasteiger partial charge in [-0.25, -0.2) is 13.1 Å². The predicted octanol–water partition coefficient (Wildman–Crippen LogP) is 0.716. The largest absolute Gasteiger partial charge is 0.548 e. The number of benzene rings is 2. The van der Waals surface area contributed by atoms with Crippen LogP contribution in [0.3, 0.4) is 0 Å². The van der Waals surface area contributed by atoms with Gasteiger partial charge in [0.15, 0.2) is 0 Å². The molecular weight excluding hydrogens is 374 g/mol. The highest BCUT2D eigenvalue weighted by atomic mass is 32.2. The van der Waals surface area contributed by atoms with E-state index in [-0.39, 0.29) is 17.0 Å². The molecule has 0 spiro atoms. The SMILES string of the molecule is O=C([O-])[C@H](Cc1c[nH]c2ccccc12)NS(=O)(=O)c1ccc([N+](=O)[O-])cc1. The van der Waals surface area contributed by atoms with E-state index in [9.17, 15) is 28.4 Å². The molecule has 0 aliphatic heterocycles. The summed E-state index contributed by atoms with van der Waals surface area (Å²) >= 11 is 0. The summed E-state index contributed by atoms with van der Waals surface area (Å²) in [7, 11) is -4.21. The van der Waals surface area contributed by atoms with Crippen LogP contribution >= 0.6 is 0 Å². The summed E-state index contributed by atoms with van der Waals surface area (Å²) in [5.41, 5.74) is 1.14. The van der Waals surface area contributed by atoms with E-state index in [1.54, 1.807) is 18.3 Å². The number of hydrogen-bond acceptors (Lipinski definition) is 6. The molecule has 0 amide bonds. The fourth-order valence-electron chi connectivity index (χ4n) is 2.70. The Morgan fingerprint density at radius 2 is 1.81 bits per heavy atom. The minimum atomic E-state index is -4.21. The molecule has 0 fully saturated rings. The lowest BCUT2D eigenvalue weighted by Crippen LogP contribution is -2.49. The molecule has 3 rings (SSSR count). The lowest BCUT2D eigenvalue weighted by atomic mass is 10.1. The summed E-state index contributed by atoms with van der Waals surface area (Å²) in [6, 6.07) is 9.84. The molecule has 3 aromatic rings. The second-order valence-electron chi connectivity index (χ2n) is 5.81. The monoisotopic (exact) mass is 388 g/mol. The Hall–Kier alpha value is -3.24. The van der Waals surface area contributed by atoms with Crippen LogP contribution in [0.2, 0.25) is 0 Å². The van der Waals surface area contributed by atoms with E-state index < -0.39 is 27.0 Å². The summed E-state index contributed by atoms with van der Waals surface area (Å²) in [4.78, 5) is 24.2. The van der Waals surface area contributed by atoms with Crippen LogP contribution in [0.1, 0.15) is 5.56 Å². The zero-order valence-electron chi connectivity index (χ0n) is 13.8. The fraction of sp³-hybridized carbons (Fsp3) is 0.118. The van der Waals surface area contributed by atoms with Crippen LogP contribution in [-0.2, 0) is 21.2 Å². The number of fused-ring (bicyclic) bond motifs is 1. The van der Waals surface area contributed by atoms with Gasteiger partial charge in [-0.3, -0.25) is 10.1 Å². The lowest BCUT2D eigenvalue weighted by molar-refractivity contribution is -0.384. The van der Waals surface area contributed by atoms with E-state index in [4.69, 9.17) is 0 Å². The number of nitro benzene ring substituents is 1. The first kappa shape index (κ1) is 18.5. The number of rotatable bonds is 7. The van der Waals surface area contributed by atoms with Crippen molar-refractivity contribution >= 4 is 32.6 Å². The fourth-order valence-corrected chi connectivity index (χ4v) is 3.88. The summed E-state index contributed by atoms with van der Waals surface area (Å²) in [5.74, 6) is -1.58. The standard InChI is InChI=1S/C17H15N3O6S/c21-17(22)16(9-11-10-18-15-4-2-1-3-14(11)15)19-27(25,26)13-7-5-12(6-8-13)20(23)24/h1-8,10,16,18-19H,9H2,(H,21,22)/p-1/t16-/m0/s1. The van der Waals surface area contributed by atoms with Gasteiger partial charge < -0.3 is 14.9 Å². The summed E-state index contributed by atoms with van der Waals surface area (Å²) in [6.45, 7) is 0. The average molecular weight is 388 g/mol. The molecular formula is C17H14N3O6S-. The third-order valence-electron chi connectivity index (χ3n) is 4.04. The van der Waals surface area contributed by atoms with Crippen LogP contribution in [0, 0.1) is 10.1 Å². The number of carboxylic acids is 1. The van der Waals surface area contributed by atoms with Crippen LogP contribution < -0.4 is 9.83 Å². The maximum absolute atomic E-state index is 12.4. The number of carboxylic acid groups (broad SMARTS) is 1. The molecule has 0 aliphatic carbocycles. The minimum absolute atomic E-state index is 0.126. The Morgan fingerprint density at radius 1 is 1.15 bits per heavy atom. The number of hydrogen-bond donors (Lipinski definition) is 2. The first-order chi connectivity index (χ1) is 12.8. The third-order valence-corrected chi connectivity index (χ3v) is 5.53. The Balaban J connectivity index is 1.85. The van der Waals surface area contributed by atoms with E-state index in [1.807, 2.05) is 12.1 Å². The Morgan fingerprint density at radius 3 is 2.44 bits per heavy atom. The molecule has 2 aromatic carbocycles. The van der Waals surface area contributed by atoms with Crippen molar-refractivity contribution in [3.8, 4) is 0 Å². The molecule has 10 heteroatoms. The quantitative estimate of drug-likeness (QED) is 0.450. The van der Waals surface area contributed by atoms with Gasteiger partial charge in [-0.2, -0.15) is 0 Å². The van der Waals surface area contributed by atoms with Gasteiger partial charge in [0.05, 0.1) is 21.8 Å². The van der Waals surface area contributed by atoms with Gasteiger partial charge in [0.1, 0.15) is 0 Å². The highest BCUT2D eigenvalue weighted by Gasteiger charge is 2.23. The van der Waals surface area contributed by atoms with Crippen molar-refractivity contribution < 1.29 is 23.2 Å². The van der Waals surface area contributed by atoms with Gasteiger partial charge in [-0.05, 0) is 30.2 Å². The van der Waals surface area contributed by atoms with Gasteiger partial charge in [-0.1, -0.05) is 18.2 Å². The first-order valence-corrected chi connectivity index (χ1v) is 9.29. The van der Waals surface area contributed by atoms with Gasteiger partial charge >= 0.3 is 0 Å². The molecule has 0 unspecified atom stereocenters. The van der Waals surface area contributed by atoms with Crippen molar-refractivity contribution in [2.24, 2.45) is 0 Å². The Kier molecular flexibility index (Phi) is 4.93. The van der Waals surface area contributed by atoms with Gasteiger partial charge in [0.25, 0.3) is 5.69 Å². The summed E-state index contributed by atoms with van der Waals surface area (Å²) < 4.78 is 27.0. The van der Waals surface area contributed by atoms with Crippen molar-refractivity contribution in [3.05, 3.63) is 70.4 Å². The number of para-hydroxylation sites is 1. The number of aliphatic carboxylic acids is 1. The Bertz CT molecular complexity index is 1110. The summed E-state index contributed by atoms with van der Waals surface area (Å²) in [6.07, 6.45) is 1.49. The molecule has 2 N–H and O–H groups in total. The number of nitrogens with one attached hydrogen (secondary N) is 2. The zero-order chi connectivity index (χ0) is 19.6. The van der Waals surface area contributed by atoms with E-state index in [1.165, 1.54) is 0 Å². The number of sulfonamides is 1. The van der Waals surface area contributed by atoms with Crippen molar-refractivity contribution in [1.82, 2.24) is 9.71 Å². The molecule has 1 heterocycles. The molecule has 0 bridgehead atoms. The van der Waals surface area contributed by atoms with Crippen LogP contribution in [0.25, 0.3) is 10.9 Å². The van der Waals surface area contributed by atoms with Crippen molar-refractivity contribution in [3.63, 3.8) is 0 Å². The van der Waals surface area contributed by atoms with Gasteiger partial charge in [0, 0.05) is 29.2 Å². The smallest absolute Gasteiger partial charge is 0.269 e. The number of carbonyl (C=O) groups excluding carboxylic acids is 1. The number of H-pyrrole nitrogens is 1. The molecule has 0 saturated carbocycles.